The minimum Gasteiger partial charge on any atom is -0.497 e. The van der Waals surface area contributed by atoms with Gasteiger partial charge in [-0.2, -0.15) is 0 Å². The average Bonchev–Trinajstić information content (AvgIpc) is 3.82. The largest absolute Gasteiger partial charge is 0.497 e. The summed E-state index contributed by atoms with van der Waals surface area (Å²) in [4.78, 5) is 49.4. The molecule has 0 amide bonds. The predicted octanol–water partition coefficient (Wildman–Crippen LogP) is 11.7. The molecule has 348 valence electrons. The Hall–Kier alpha value is -6.56. The number of ether oxygens (including phenoxy) is 5. The van der Waals surface area contributed by atoms with Crippen LogP contribution in [0.2, 0.25) is 0 Å². The van der Waals surface area contributed by atoms with Gasteiger partial charge in [0.1, 0.15) is 30.2 Å². The van der Waals surface area contributed by atoms with E-state index in [2.05, 4.69) is 0 Å². The zero-order chi connectivity index (χ0) is 47.1. The smallest absolute Gasteiger partial charge is 0.337 e. The van der Waals surface area contributed by atoms with Crippen LogP contribution in [0.1, 0.15) is 129 Å². The second-order valence-electron chi connectivity index (χ2n) is 18.3. The highest BCUT2D eigenvalue weighted by Crippen LogP contribution is 2.46. The number of hydrogen-bond acceptors (Lipinski definition) is 9. The summed E-state index contributed by atoms with van der Waals surface area (Å²) in [7, 11) is 6.00. The fourth-order valence-electron chi connectivity index (χ4n) is 9.94. The van der Waals surface area contributed by atoms with Gasteiger partial charge in [0, 0.05) is 10.8 Å². The zero-order valence-electron chi connectivity index (χ0n) is 39.2. The van der Waals surface area contributed by atoms with Crippen molar-refractivity contribution < 1.29 is 48.0 Å². The van der Waals surface area contributed by atoms with Crippen molar-refractivity contribution >= 4 is 45.7 Å². The van der Waals surface area contributed by atoms with Gasteiger partial charge in [0.25, 0.3) is 0 Å². The van der Waals surface area contributed by atoms with E-state index in [0.29, 0.717) is 23.0 Å². The Bertz CT molecular complexity index is 2690. The Kier molecular flexibility index (Phi) is 14.9. The van der Waals surface area contributed by atoms with Gasteiger partial charge in [-0.15, -0.1) is 0 Å². The van der Waals surface area contributed by atoms with Gasteiger partial charge in [0.15, 0.2) is 0 Å². The molecule has 0 radical (unpaired) electrons. The first-order chi connectivity index (χ1) is 31.7. The van der Waals surface area contributed by atoms with E-state index < -0.39 is 23.5 Å². The van der Waals surface area contributed by atoms with Crippen molar-refractivity contribution in [1.82, 2.24) is 9.13 Å². The molecule has 0 bridgehead atoms. The summed E-state index contributed by atoms with van der Waals surface area (Å²) < 4.78 is 30.1. The van der Waals surface area contributed by atoms with Crippen molar-refractivity contribution in [2.24, 2.45) is 0 Å². The fraction of sp³-hybridized carbons (Fsp3) is 0.407. The summed E-state index contributed by atoms with van der Waals surface area (Å²) in [5, 5.41) is 11.8. The van der Waals surface area contributed by atoms with Crippen LogP contribution in [0, 0.1) is 0 Å². The van der Waals surface area contributed by atoms with Crippen LogP contribution in [0.15, 0.2) is 84.9 Å². The number of carbonyl (C=O) groups excluding carboxylic acids is 3. The van der Waals surface area contributed by atoms with E-state index in [1.165, 1.54) is 63.9 Å². The van der Waals surface area contributed by atoms with Crippen molar-refractivity contribution in [3.63, 3.8) is 0 Å². The first-order valence-electron chi connectivity index (χ1n) is 23.0. The Labute approximate surface area is 386 Å². The summed E-state index contributed by atoms with van der Waals surface area (Å²) in [5.41, 5.74) is 8.14. The zero-order valence-corrected chi connectivity index (χ0v) is 39.2. The topological polar surface area (TPSA) is 145 Å². The number of rotatable bonds is 12. The number of esters is 3. The Morgan fingerprint density at radius 2 is 0.955 bits per heavy atom. The quantitative estimate of drug-likeness (QED) is 0.0930. The Balaban J connectivity index is 0.000000198. The van der Waals surface area contributed by atoms with Crippen LogP contribution in [0.25, 0.3) is 44.3 Å². The van der Waals surface area contributed by atoms with Gasteiger partial charge in [-0.25, -0.2) is 9.59 Å². The van der Waals surface area contributed by atoms with E-state index in [9.17, 15) is 24.3 Å². The van der Waals surface area contributed by atoms with E-state index in [0.717, 1.165) is 81.5 Å². The van der Waals surface area contributed by atoms with Crippen LogP contribution in [0.4, 0.5) is 0 Å². The van der Waals surface area contributed by atoms with E-state index in [1.807, 2.05) is 103 Å². The first kappa shape index (κ1) is 47.4. The van der Waals surface area contributed by atoms with Crippen LogP contribution in [-0.4, -0.2) is 72.2 Å². The number of carbonyl (C=O) groups is 4. The monoisotopic (exact) mass is 898 g/mol. The molecule has 2 saturated carbocycles. The van der Waals surface area contributed by atoms with Crippen molar-refractivity contribution in [1.29, 1.82) is 0 Å². The number of carboxylic acid groups (broad SMARTS) is 1. The maximum Gasteiger partial charge on any atom is 0.337 e. The molecule has 12 heteroatoms. The molecule has 2 fully saturated rings. The first-order valence-corrected chi connectivity index (χ1v) is 23.0. The highest BCUT2D eigenvalue weighted by molar-refractivity contribution is 6.00. The maximum atomic E-state index is 13.1. The molecule has 0 aliphatic heterocycles. The number of methoxy groups -OCH3 is 4. The lowest BCUT2D eigenvalue weighted by Gasteiger charge is -2.24. The fourth-order valence-corrected chi connectivity index (χ4v) is 9.94. The number of fused-ring (bicyclic) bond motifs is 2. The molecule has 12 nitrogen and oxygen atoms in total. The van der Waals surface area contributed by atoms with Crippen LogP contribution >= 0.6 is 0 Å². The standard InChI is InChI=1S/C29H35NO5.C25H27NO5/c1-29(2,3)35-25(31)18-30-24-17-21(28(32)34-5)13-16-23(24)26(19-9-7-6-8-10-19)27(30)20-11-14-22(33-4)15-12-20;1-30-19-11-8-17(9-12-19)24-23(16-6-4-3-5-7-16)20-13-10-18(25(29)31-2)14-21(20)26(24)15-22(27)28/h11-17,19H,6-10,18H2,1-5H3;8-14,16H,3-7,15H2,1-2H3,(H,27,28). The number of benzene rings is 4. The molecule has 2 aliphatic carbocycles. The second-order valence-corrected chi connectivity index (χ2v) is 18.3. The summed E-state index contributed by atoms with van der Waals surface area (Å²) >= 11 is 0. The van der Waals surface area contributed by atoms with E-state index in [1.54, 1.807) is 26.4 Å². The Morgan fingerprint density at radius 3 is 1.30 bits per heavy atom. The van der Waals surface area contributed by atoms with Gasteiger partial charge in [0.05, 0.1) is 62.0 Å². The molecule has 66 heavy (non-hydrogen) atoms. The molecule has 8 rings (SSSR count). The van der Waals surface area contributed by atoms with Crippen molar-refractivity contribution in [3.05, 3.63) is 107 Å². The van der Waals surface area contributed by atoms with Gasteiger partial charge in [-0.3, -0.25) is 9.59 Å². The SMILES string of the molecule is COC(=O)c1ccc2c(C3CCCCC3)c(-c3ccc(OC)cc3)n(CC(=O)O)c2c1.COC(=O)c1ccc2c(C3CCCCC3)c(-c3ccc(OC)cc3)n(CC(=O)OC(C)(C)C)c2c1. The summed E-state index contributed by atoms with van der Waals surface area (Å²) in [6.07, 6.45) is 11.5. The third-order valence-corrected chi connectivity index (χ3v) is 12.8. The Morgan fingerprint density at radius 1 is 0.561 bits per heavy atom. The van der Waals surface area contributed by atoms with Crippen molar-refractivity contribution in [2.45, 2.75) is 116 Å². The highest BCUT2D eigenvalue weighted by Gasteiger charge is 2.30. The molecule has 2 aromatic heterocycles. The molecular weight excluding hydrogens is 837 g/mol. The average molecular weight is 899 g/mol. The van der Waals surface area contributed by atoms with Gasteiger partial charge >= 0.3 is 23.9 Å². The van der Waals surface area contributed by atoms with E-state index >= 15 is 0 Å². The third-order valence-electron chi connectivity index (χ3n) is 12.8. The van der Waals surface area contributed by atoms with Crippen LogP contribution in [0.5, 0.6) is 11.5 Å². The number of nitrogens with zero attached hydrogens (tertiary/aromatic N) is 2. The number of carboxylic acids is 1. The molecule has 2 heterocycles. The molecule has 6 aromatic rings. The summed E-state index contributed by atoms with van der Waals surface area (Å²) in [6, 6.07) is 26.8. The van der Waals surface area contributed by atoms with Crippen molar-refractivity contribution in [3.8, 4) is 34.0 Å². The third kappa shape index (κ3) is 10.4. The molecule has 0 unspecified atom stereocenters. The van der Waals surface area contributed by atoms with Gasteiger partial charge in [-0.1, -0.05) is 50.7 Å². The minimum atomic E-state index is -0.926. The predicted molar refractivity (Wildman–Crippen MR) is 256 cm³/mol. The second kappa shape index (κ2) is 20.7. The van der Waals surface area contributed by atoms with Gasteiger partial charge in [-0.05, 0) is 153 Å². The number of aromatic nitrogens is 2. The molecule has 4 aromatic carbocycles. The molecule has 0 atom stereocenters. The lowest BCUT2D eigenvalue weighted by atomic mass is 9.82. The number of hydrogen-bond donors (Lipinski definition) is 1. The van der Waals surface area contributed by atoms with Crippen molar-refractivity contribution in [2.75, 3.05) is 28.4 Å². The molecule has 2 aliphatic rings. The highest BCUT2D eigenvalue weighted by atomic mass is 16.6. The molecular formula is C54H62N2O10. The molecule has 1 N–H and O–H groups in total. The van der Waals surface area contributed by atoms with Crippen LogP contribution in [-0.2, 0) is 36.9 Å². The minimum absolute atomic E-state index is 0.0481. The van der Waals surface area contributed by atoms with Crippen LogP contribution in [0.3, 0.4) is 0 Å². The van der Waals surface area contributed by atoms with Gasteiger partial charge < -0.3 is 37.9 Å². The number of aliphatic carboxylic acids is 1. The maximum absolute atomic E-state index is 13.1. The van der Waals surface area contributed by atoms with Gasteiger partial charge in [0.2, 0.25) is 0 Å². The van der Waals surface area contributed by atoms with E-state index in [4.69, 9.17) is 23.7 Å². The lowest BCUT2D eigenvalue weighted by Crippen LogP contribution is -2.26. The molecule has 0 saturated heterocycles. The summed E-state index contributed by atoms with van der Waals surface area (Å²) in [5.74, 6) is 0.178. The summed E-state index contributed by atoms with van der Waals surface area (Å²) in [6.45, 7) is 5.46. The normalized spacial score (nSPS) is 14.6. The van der Waals surface area contributed by atoms with E-state index in [-0.39, 0.29) is 19.1 Å². The lowest BCUT2D eigenvalue weighted by molar-refractivity contribution is -0.155. The van der Waals surface area contributed by atoms with Crippen LogP contribution < -0.4 is 9.47 Å². The molecule has 0 spiro atoms.